The minimum absolute atomic E-state index is 0.00246. The quantitative estimate of drug-likeness (QED) is 0.0117. The highest BCUT2D eigenvalue weighted by Gasteiger charge is 2.64. The van der Waals surface area contributed by atoms with Crippen LogP contribution in [-0.2, 0) is 86.3 Å². The number of ether oxygens (including phenoxy) is 6. The number of halogens is 9. The van der Waals surface area contributed by atoms with Crippen LogP contribution in [0.3, 0.4) is 0 Å². The Hall–Kier alpha value is -8.63. The lowest BCUT2D eigenvalue weighted by Crippen LogP contribution is -2.60. The van der Waals surface area contributed by atoms with Crippen molar-refractivity contribution in [1.82, 2.24) is 45.8 Å². The van der Waals surface area contributed by atoms with Crippen LogP contribution in [0.5, 0.6) is 17.5 Å². The Balaban J connectivity index is 0.000000244. The lowest BCUT2D eigenvalue weighted by atomic mass is 9.85. The SMILES string of the molecule is CC[C@@H]1C[C@]1(NC(=O)[C@@H]1C[C@@H](Oc2cc(OCC(F)(F)F)nc3c(Cl)cccc23)CN1C(=O)[C@@H](NC(=O)OC(C)(C)C)C(C)(C)C)C(=O)NS(=O)(=O)OC1CC1.CC[C@@H]1C[C@]1(NC(=O)[C@@H]1C[C@H](OS(=O)(=O)c2ccc(Br)cc2)CN1C(=O)[C@@H](NC(=O)OC(C)(C)C)C(C)(C)C)C(=O)OC.NS(=O)(=O)OC1CC1.O=c1cc(OCC(F)(F)F)[nH]c2c(Cl)cccc12. The van der Waals surface area contributed by atoms with Crippen molar-refractivity contribution in [1.29, 1.82) is 0 Å². The number of hydrogen-bond acceptors (Lipinski definition) is 25. The predicted octanol–water partition coefficient (Wildman–Crippen LogP) is 11.0. The lowest BCUT2D eigenvalue weighted by Gasteiger charge is -2.36. The van der Waals surface area contributed by atoms with Crippen molar-refractivity contribution in [3.63, 3.8) is 0 Å². The molecule has 0 unspecified atom stereocenters. The summed E-state index contributed by atoms with van der Waals surface area (Å²) in [6.45, 7) is 20.3. The monoisotopic (exact) mass is 1930 g/mol. The first-order chi connectivity index (χ1) is 57.5. The summed E-state index contributed by atoms with van der Waals surface area (Å²) in [5.74, 6) is -5.66. The first kappa shape index (κ1) is 102. The van der Waals surface area contributed by atoms with Crippen LogP contribution < -0.4 is 50.8 Å². The zero-order valence-corrected chi connectivity index (χ0v) is 76.5. The summed E-state index contributed by atoms with van der Waals surface area (Å²) in [4.78, 5) is 129. The number of nitrogens with two attached hydrogens (primary N) is 1. The number of methoxy groups -OCH3 is 1. The van der Waals surface area contributed by atoms with Crippen LogP contribution in [0.4, 0.5) is 35.9 Å². The fourth-order valence-electron chi connectivity index (χ4n) is 13.5. The third-order valence-electron chi connectivity index (χ3n) is 19.8. The van der Waals surface area contributed by atoms with Gasteiger partial charge in [-0.15, -0.1) is 0 Å². The van der Waals surface area contributed by atoms with E-state index in [0.717, 1.165) is 25.0 Å². The average molecular weight is 1940 g/mol. The van der Waals surface area contributed by atoms with Gasteiger partial charge in [-0.1, -0.05) is 119 Å². The molecule has 7 amide bonds. The minimum Gasteiger partial charge on any atom is -0.488 e. The van der Waals surface area contributed by atoms with E-state index in [1.807, 2.05) is 11.6 Å². The van der Waals surface area contributed by atoms with Crippen LogP contribution >= 0.6 is 39.1 Å². The number of alkyl halides is 6. The molecular weight excluding hydrogens is 1830 g/mol. The fraction of sp³-hybridized carbons (Fsp3) is 0.595. The normalized spacial score (nSPS) is 21.9. The summed E-state index contributed by atoms with van der Waals surface area (Å²) in [5, 5.41) is 16.2. The maximum absolute atomic E-state index is 14.5. The number of hydrogen-bond donors (Lipinski definition) is 7. The molecule has 10 atom stereocenters. The Bertz CT molecular complexity index is 5240. The molecule has 2 aliphatic heterocycles. The van der Waals surface area contributed by atoms with Crippen LogP contribution in [0, 0.1) is 22.7 Å². The highest BCUT2D eigenvalue weighted by atomic mass is 79.9. The van der Waals surface area contributed by atoms with Crippen molar-refractivity contribution in [2.45, 2.75) is 249 Å². The number of amides is 7. The van der Waals surface area contributed by atoms with Gasteiger partial charge in [0.2, 0.25) is 29.5 Å². The molecule has 8 N–H and O–H groups in total. The number of aromatic amines is 1. The third-order valence-corrected chi connectivity index (χ3v) is 23.9. The Kier molecular flexibility index (Phi) is 32.2. The number of carbonyl (C=O) groups excluding carboxylic acids is 8. The first-order valence-electron chi connectivity index (χ1n) is 39.4. The molecule has 4 saturated carbocycles. The summed E-state index contributed by atoms with van der Waals surface area (Å²) in [6, 6.07) is 12.3. The number of para-hydroxylation sites is 2. The third kappa shape index (κ3) is 29.2. The molecule has 46 heteroatoms. The van der Waals surface area contributed by atoms with E-state index in [-0.39, 0.29) is 82.0 Å². The van der Waals surface area contributed by atoms with E-state index in [0.29, 0.717) is 47.3 Å². The zero-order valence-electron chi connectivity index (χ0n) is 70.9. The number of nitrogens with one attached hydrogen (secondary N) is 6. The van der Waals surface area contributed by atoms with Gasteiger partial charge >= 0.3 is 51.1 Å². The van der Waals surface area contributed by atoms with Gasteiger partial charge in [-0.3, -0.25) is 41.3 Å². The number of carbonyl (C=O) groups is 8. The number of fused-ring (bicyclic) bond motifs is 2. The Morgan fingerprint density at radius 3 is 1.54 bits per heavy atom. The summed E-state index contributed by atoms with van der Waals surface area (Å²) in [6.07, 6.45) is -9.75. The molecule has 125 heavy (non-hydrogen) atoms. The standard InChI is InChI=1S/C36H47ClF3N5O10S.C29H42BrN3O9S.C11H7ClF3NO2.C3H7NO3S/c1-8-19-16-35(19,31(48)44-56(50,51)55-20-12-13-20)43-29(46)24-14-21(17-45(24)30(47)28(33(2,3)4)42-32(49)54-34(5,6)7)53-25-15-26(52-18-36(38,39)40)41-27-22(25)10-9-11-23(27)37;1-9-17-15-29(17,25(36)40-8)32-23(34)21-14-19(42-43(38,39)20-12-10-18(30)11-13-20)16-33(21)24(35)22(27(2,3)4)31-26(37)41-28(5,6)7;12-7-3-1-2-6-8(17)4-9(16-10(6)7)18-5-11(13,14)15;4-8(5,6)7-3-1-2-3/h9-11,15,19-21,24,28H,8,12-14,16-18H2,1-7H3,(H,42,49)(H,43,46)(H,44,48);10-13,17,19,21-22H,9,14-16H2,1-8H3,(H,31,37)(H,32,34);1-4H,5H2,(H,16,17);3H,1-2H2,(H2,4,5,6)/t19-,21-,24+,28-,35-;17-,19+,21+,22-,29-;;/m11../s1. The van der Waals surface area contributed by atoms with Gasteiger partial charge in [-0.25, -0.2) is 29.2 Å². The van der Waals surface area contributed by atoms with Gasteiger partial charge in [-0.2, -0.15) is 51.6 Å². The number of pyridine rings is 2. The minimum atomic E-state index is -4.68. The molecular formula is C79H103BrCl2F6N10O24S3. The molecule has 6 aliphatic rings. The number of aromatic nitrogens is 2. The largest absolute Gasteiger partial charge is 0.488 e. The van der Waals surface area contributed by atoms with Gasteiger partial charge in [0.05, 0.1) is 57.9 Å². The van der Waals surface area contributed by atoms with Gasteiger partial charge in [0.15, 0.2) is 24.5 Å². The molecule has 34 nitrogen and oxygen atoms in total. The number of rotatable bonds is 26. The Labute approximate surface area is 737 Å². The molecule has 4 aliphatic carbocycles. The van der Waals surface area contributed by atoms with Crippen LogP contribution in [0.2, 0.25) is 10.0 Å². The molecule has 694 valence electrons. The van der Waals surface area contributed by atoms with Gasteiger partial charge in [-0.05, 0) is 151 Å². The summed E-state index contributed by atoms with van der Waals surface area (Å²) >= 11 is 15.5. The molecule has 0 radical (unpaired) electrons. The first-order valence-corrected chi connectivity index (χ1v) is 45.3. The molecule has 6 fully saturated rings. The lowest BCUT2D eigenvalue weighted by molar-refractivity contribution is -0.154. The van der Waals surface area contributed by atoms with E-state index < -0.39 is 197 Å². The van der Waals surface area contributed by atoms with Gasteiger partial charge in [0, 0.05) is 46.8 Å². The van der Waals surface area contributed by atoms with Crippen LogP contribution in [0.1, 0.15) is 161 Å². The number of nitrogens with zero attached hydrogens (tertiary/aromatic N) is 3. The highest BCUT2D eigenvalue weighted by molar-refractivity contribution is 9.10. The second kappa shape index (κ2) is 39.5. The predicted molar refractivity (Wildman–Crippen MR) is 444 cm³/mol. The number of benzene rings is 3. The molecule has 2 saturated heterocycles. The molecule has 0 spiro atoms. The van der Waals surface area contributed by atoms with Crippen LogP contribution in [0.15, 0.2) is 87.0 Å². The molecule has 4 heterocycles. The van der Waals surface area contributed by atoms with Crippen LogP contribution in [0.25, 0.3) is 21.8 Å². The maximum atomic E-state index is 14.5. The fourth-order valence-corrected chi connectivity index (χ4v) is 16.8. The Morgan fingerprint density at radius 1 is 0.616 bits per heavy atom. The number of H-pyrrole nitrogens is 1. The molecule has 0 bridgehead atoms. The summed E-state index contributed by atoms with van der Waals surface area (Å²) in [5.41, 5.74) is -6.48. The van der Waals surface area contributed by atoms with Crippen molar-refractivity contribution in [3.05, 3.63) is 97.5 Å². The highest BCUT2D eigenvalue weighted by Crippen LogP contribution is 2.49. The second-order valence-electron chi connectivity index (χ2n) is 34.8. The van der Waals surface area contributed by atoms with Crippen molar-refractivity contribution in [2.24, 2.45) is 27.8 Å². The summed E-state index contributed by atoms with van der Waals surface area (Å²) < 4.78 is 195. The number of alkyl carbamates (subject to hydrolysis) is 2. The van der Waals surface area contributed by atoms with Crippen molar-refractivity contribution >= 4 is 139 Å². The van der Waals surface area contributed by atoms with Crippen molar-refractivity contribution in [2.75, 3.05) is 33.4 Å². The van der Waals surface area contributed by atoms with Gasteiger partial charge < -0.3 is 64.5 Å². The molecule has 2 aromatic heterocycles. The maximum Gasteiger partial charge on any atom is 0.422 e. The van der Waals surface area contributed by atoms with Crippen molar-refractivity contribution < 1.29 is 131 Å². The van der Waals surface area contributed by atoms with E-state index in [2.05, 4.69) is 61.2 Å². The van der Waals surface area contributed by atoms with E-state index in [1.54, 1.807) is 120 Å². The average Bonchev–Trinajstić information content (AvgIpc) is 1.72. The topological polar surface area (TPSA) is 460 Å². The van der Waals surface area contributed by atoms with Crippen molar-refractivity contribution in [3.8, 4) is 17.5 Å². The van der Waals surface area contributed by atoms with E-state index in [1.165, 1.54) is 47.2 Å². The van der Waals surface area contributed by atoms with E-state index >= 15 is 0 Å². The Morgan fingerprint density at radius 2 is 1.08 bits per heavy atom. The van der Waals surface area contributed by atoms with E-state index in [9.17, 15) is 94.7 Å². The van der Waals surface area contributed by atoms with Gasteiger partial charge in [0.1, 0.15) is 58.3 Å². The molecule has 11 rings (SSSR count). The zero-order chi connectivity index (χ0) is 93.7. The molecule has 3 aromatic carbocycles. The van der Waals surface area contributed by atoms with Crippen LogP contribution in [-0.4, -0.2) is 209 Å². The van der Waals surface area contributed by atoms with Gasteiger partial charge in [0.25, 0.3) is 16.0 Å². The van der Waals surface area contributed by atoms with E-state index in [4.69, 9.17) is 55.3 Å². The molecule has 5 aromatic rings. The summed E-state index contributed by atoms with van der Waals surface area (Å²) in [7, 11) is -11.2. The number of esters is 1. The second-order valence-corrected chi connectivity index (χ2v) is 40.6. The number of likely N-dealkylation sites (tertiary alicyclic amines) is 2. The smallest absolute Gasteiger partial charge is 0.422 e.